The SMILES string of the molecule is CCCC(C)(O)Cn1c(=O)c2c(nc(Oc3cccc(OC(F)(F)F)c3)n2Cc2ccc(Cl)cc2)n(C)c1=O. The summed E-state index contributed by atoms with van der Waals surface area (Å²) in [5, 5.41) is 11.3. The van der Waals surface area contributed by atoms with Gasteiger partial charge in [0.25, 0.3) is 5.56 Å². The molecule has 2 aromatic carbocycles. The van der Waals surface area contributed by atoms with Crippen molar-refractivity contribution >= 4 is 22.8 Å². The van der Waals surface area contributed by atoms with Crippen molar-refractivity contribution < 1.29 is 27.8 Å². The molecule has 0 radical (unpaired) electrons. The van der Waals surface area contributed by atoms with Gasteiger partial charge in [0.1, 0.15) is 11.5 Å². The van der Waals surface area contributed by atoms with Crippen molar-refractivity contribution in [3.63, 3.8) is 0 Å². The molecular weight excluding hydrogens is 541 g/mol. The fourth-order valence-corrected chi connectivity index (χ4v) is 4.41. The Labute approximate surface area is 225 Å². The molecule has 9 nitrogen and oxygen atoms in total. The van der Waals surface area contributed by atoms with Gasteiger partial charge in [0, 0.05) is 18.1 Å². The number of rotatable bonds is 9. The van der Waals surface area contributed by atoms with Crippen LogP contribution in [0.25, 0.3) is 11.2 Å². The van der Waals surface area contributed by atoms with E-state index in [2.05, 4.69) is 9.72 Å². The molecule has 0 saturated carbocycles. The summed E-state index contributed by atoms with van der Waals surface area (Å²) in [5.74, 6) is -0.547. The number of aromatic nitrogens is 4. The summed E-state index contributed by atoms with van der Waals surface area (Å²) >= 11 is 6.01. The molecule has 2 aromatic heterocycles. The third kappa shape index (κ3) is 6.45. The molecule has 1 atom stereocenters. The molecular formula is C26H26ClF3N4O5. The lowest BCUT2D eigenvalue weighted by Gasteiger charge is -2.23. The van der Waals surface area contributed by atoms with Crippen LogP contribution in [0.2, 0.25) is 5.02 Å². The summed E-state index contributed by atoms with van der Waals surface area (Å²) in [4.78, 5) is 31.2. The molecule has 0 saturated heterocycles. The first-order chi connectivity index (χ1) is 18.3. The number of nitrogens with zero attached hydrogens (tertiary/aromatic N) is 4. The highest BCUT2D eigenvalue weighted by atomic mass is 35.5. The molecule has 1 N–H and O–H groups in total. The lowest BCUT2D eigenvalue weighted by Crippen LogP contribution is -2.45. The van der Waals surface area contributed by atoms with Crippen LogP contribution in [0, 0.1) is 0 Å². The number of hydrogen-bond acceptors (Lipinski definition) is 6. The Bertz CT molecular complexity index is 1610. The number of ether oxygens (including phenoxy) is 2. The number of imidazole rings is 1. The van der Waals surface area contributed by atoms with Crippen LogP contribution in [0.15, 0.2) is 58.1 Å². The maximum absolute atomic E-state index is 13.7. The monoisotopic (exact) mass is 566 g/mol. The minimum Gasteiger partial charge on any atom is -0.425 e. The minimum atomic E-state index is -4.90. The molecule has 4 aromatic rings. The second-order valence-electron chi connectivity index (χ2n) is 9.38. The van der Waals surface area contributed by atoms with Crippen LogP contribution in [0.4, 0.5) is 13.2 Å². The molecule has 4 rings (SSSR count). The second-order valence-corrected chi connectivity index (χ2v) is 9.82. The highest BCUT2D eigenvalue weighted by Crippen LogP contribution is 2.30. The molecule has 0 bridgehead atoms. The maximum Gasteiger partial charge on any atom is 0.573 e. The van der Waals surface area contributed by atoms with Gasteiger partial charge in [0.15, 0.2) is 11.2 Å². The second kappa shape index (κ2) is 10.8. The summed E-state index contributed by atoms with van der Waals surface area (Å²) in [6.45, 7) is 3.22. The van der Waals surface area contributed by atoms with Crippen LogP contribution in [-0.4, -0.2) is 35.8 Å². The Kier molecular flexibility index (Phi) is 7.80. The van der Waals surface area contributed by atoms with Gasteiger partial charge in [-0.15, -0.1) is 13.2 Å². The van der Waals surface area contributed by atoms with Gasteiger partial charge < -0.3 is 14.6 Å². The molecule has 0 fully saturated rings. The number of aryl methyl sites for hydroxylation is 1. The van der Waals surface area contributed by atoms with Gasteiger partial charge in [0.2, 0.25) is 0 Å². The van der Waals surface area contributed by atoms with Gasteiger partial charge >= 0.3 is 18.1 Å². The zero-order valence-electron chi connectivity index (χ0n) is 21.3. The largest absolute Gasteiger partial charge is 0.573 e. The number of alkyl halides is 3. The van der Waals surface area contributed by atoms with Crippen LogP contribution in [0.3, 0.4) is 0 Å². The van der Waals surface area contributed by atoms with Gasteiger partial charge in [-0.1, -0.05) is 43.1 Å². The summed E-state index contributed by atoms with van der Waals surface area (Å²) in [6.07, 6.45) is -3.91. The fraction of sp³-hybridized carbons (Fsp3) is 0.346. The molecule has 0 aliphatic heterocycles. The van der Waals surface area contributed by atoms with E-state index in [1.807, 2.05) is 6.92 Å². The standard InChI is InChI=1S/C26H26ClF3N4O5/c1-4-12-25(2,37)15-34-22(35)20-21(32(3)24(34)36)31-23(33(20)14-16-8-10-17(27)11-9-16)38-18-6-5-7-19(13-18)39-26(28,29)30/h5-11,13,37H,4,12,14-15H2,1-3H3. The average Bonchev–Trinajstić information content (AvgIpc) is 3.19. The molecule has 39 heavy (non-hydrogen) atoms. The van der Waals surface area contributed by atoms with Crippen molar-refractivity contribution in [3.8, 4) is 17.5 Å². The van der Waals surface area contributed by atoms with Crippen LogP contribution >= 0.6 is 11.6 Å². The number of aliphatic hydroxyl groups is 1. The van der Waals surface area contributed by atoms with E-state index in [-0.39, 0.29) is 36.0 Å². The summed E-state index contributed by atoms with van der Waals surface area (Å²) in [5.41, 5.74) is -1.99. The number of hydrogen-bond donors (Lipinski definition) is 1. The highest BCUT2D eigenvalue weighted by Gasteiger charge is 2.31. The molecule has 13 heteroatoms. The molecule has 208 valence electrons. The predicted molar refractivity (Wildman–Crippen MR) is 139 cm³/mol. The van der Waals surface area contributed by atoms with Crippen LogP contribution < -0.4 is 20.7 Å². The van der Waals surface area contributed by atoms with Gasteiger partial charge in [-0.05, 0) is 43.2 Å². The quantitative estimate of drug-likeness (QED) is 0.311. The Hall–Kier alpha value is -3.77. The Morgan fingerprint density at radius 3 is 2.36 bits per heavy atom. The number of benzene rings is 2. The van der Waals surface area contributed by atoms with Crippen molar-refractivity contribution in [2.75, 3.05) is 0 Å². The summed E-state index contributed by atoms with van der Waals surface area (Å²) in [6, 6.07) is 11.5. The third-order valence-corrected chi connectivity index (χ3v) is 6.24. The van der Waals surface area contributed by atoms with Gasteiger partial charge in [0.05, 0.1) is 18.7 Å². The first kappa shape index (κ1) is 28.2. The number of halogens is 4. The molecule has 0 aliphatic carbocycles. The van der Waals surface area contributed by atoms with E-state index in [1.54, 1.807) is 31.2 Å². The van der Waals surface area contributed by atoms with Crippen molar-refractivity contribution in [2.45, 2.75) is 51.7 Å². The van der Waals surface area contributed by atoms with Crippen LogP contribution in [-0.2, 0) is 20.1 Å². The van der Waals surface area contributed by atoms with E-state index in [1.165, 1.54) is 23.7 Å². The summed E-state index contributed by atoms with van der Waals surface area (Å²) < 4.78 is 51.5. The molecule has 1 unspecified atom stereocenters. The fourth-order valence-electron chi connectivity index (χ4n) is 4.29. The van der Waals surface area contributed by atoms with Crippen LogP contribution in [0.5, 0.6) is 17.5 Å². The Morgan fingerprint density at radius 1 is 1.05 bits per heavy atom. The van der Waals surface area contributed by atoms with Gasteiger partial charge in [-0.3, -0.25) is 18.5 Å². The maximum atomic E-state index is 13.7. The summed E-state index contributed by atoms with van der Waals surface area (Å²) in [7, 11) is 1.43. The predicted octanol–water partition coefficient (Wildman–Crippen LogP) is 4.84. The zero-order chi connectivity index (χ0) is 28.5. The van der Waals surface area contributed by atoms with Crippen molar-refractivity contribution in [3.05, 3.63) is 80.0 Å². The first-order valence-electron chi connectivity index (χ1n) is 12.0. The van der Waals surface area contributed by atoms with Crippen LogP contribution in [0.1, 0.15) is 32.3 Å². The third-order valence-electron chi connectivity index (χ3n) is 5.99. The molecule has 0 spiro atoms. The van der Waals surface area contributed by atoms with E-state index < -0.39 is 29.0 Å². The van der Waals surface area contributed by atoms with Crippen molar-refractivity contribution in [1.82, 2.24) is 18.7 Å². The lowest BCUT2D eigenvalue weighted by molar-refractivity contribution is -0.274. The lowest BCUT2D eigenvalue weighted by atomic mass is 10.0. The number of fused-ring (bicyclic) bond motifs is 1. The average molecular weight is 567 g/mol. The topological polar surface area (TPSA) is 101 Å². The van der Waals surface area contributed by atoms with Crippen molar-refractivity contribution in [2.24, 2.45) is 7.05 Å². The Morgan fingerprint density at radius 2 is 1.72 bits per heavy atom. The molecule has 0 amide bonds. The Balaban J connectivity index is 1.89. The van der Waals surface area contributed by atoms with Crippen molar-refractivity contribution in [1.29, 1.82) is 0 Å². The normalized spacial score (nSPS) is 13.4. The van der Waals surface area contributed by atoms with Gasteiger partial charge in [-0.25, -0.2) is 4.79 Å². The van der Waals surface area contributed by atoms with E-state index in [4.69, 9.17) is 16.3 Å². The smallest absolute Gasteiger partial charge is 0.425 e. The van der Waals surface area contributed by atoms with Gasteiger partial charge in [-0.2, -0.15) is 4.98 Å². The van der Waals surface area contributed by atoms with E-state index >= 15 is 0 Å². The van der Waals surface area contributed by atoms with E-state index in [0.29, 0.717) is 23.4 Å². The molecule has 0 aliphatic rings. The zero-order valence-corrected chi connectivity index (χ0v) is 22.1. The van der Waals surface area contributed by atoms with E-state index in [9.17, 15) is 27.9 Å². The minimum absolute atomic E-state index is 0.00282. The van der Waals surface area contributed by atoms with E-state index in [0.717, 1.165) is 21.3 Å². The first-order valence-corrected chi connectivity index (χ1v) is 12.4. The highest BCUT2D eigenvalue weighted by molar-refractivity contribution is 6.30. The molecule has 2 heterocycles.